The Morgan fingerprint density at radius 1 is 1.04 bits per heavy atom. The van der Waals surface area contributed by atoms with Gasteiger partial charge in [0.2, 0.25) is 5.91 Å². The van der Waals surface area contributed by atoms with Crippen molar-refractivity contribution in [3.05, 3.63) is 65.5 Å². The van der Waals surface area contributed by atoms with Crippen LogP contribution in [0.5, 0.6) is 5.06 Å². The summed E-state index contributed by atoms with van der Waals surface area (Å²) in [7, 11) is 2.09. The number of H-pyrrole nitrogens is 1. The highest BCUT2D eigenvalue weighted by molar-refractivity contribution is 7.20. The summed E-state index contributed by atoms with van der Waals surface area (Å²) in [6.45, 7) is 7.92. The minimum absolute atomic E-state index is 0.142. The van der Waals surface area contributed by atoms with Gasteiger partial charge in [-0.2, -0.15) is 5.10 Å². The lowest BCUT2D eigenvalue weighted by molar-refractivity contribution is -0.122. The quantitative estimate of drug-likeness (QED) is 0.203. The van der Waals surface area contributed by atoms with Gasteiger partial charge in [0.1, 0.15) is 10.6 Å². The highest BCUT2D eigenvalue weighted by Crippen LogP contribution is 2.35. The van der Waals surface area contributed by atoms with Gasteiger partial charge in [0.15, 0.2) is 10.9 Å². The SMILES string of the molecule is CN1CCN(c2ccc(C(=O)Nc3n[nH]c4sc(OC(=O)NC(C)(C)c5ccccc5F)cc34)c(NC(=O)C3CCOCC3)c2)CC1. The van der Waals surface area contributed by atoms with Crippen LogP contribution in [0.3, 0.4) is 0 Å². The summed E-state index contributed by atoms with van der Waals surface area (Å²) < 4.78 is 25.3. The van der Waals surface area contributed by atoms with Crippen molar-refractivity contribution in [2.24, 2.45) is 5.92 Å². The molecule has 3 amide bonds. The molecule has 2 aliphatic rings. The number of hydrogen-bond acceptors (Lipinski definition) is 9. The van der Waals surface area contributed by atoms with Gasteiger partial charge in [0, 0.05) is 62.6 Å². The number of halogens is 1. The van der Waals surface area contributed by atoms with Gasteiger partial charge in [-0.1, -0.05) is 29.5 Å². The zero-order chi connectivity index (χ0) is 33.1. The van der Waals surface area contributed by atoms with E-state index in [9.17, 15) is 18.8 Å². The molecule has 0 spiro atoms. The highest BCUT2D eigenvalue weighted by atomic mass is 32.1. The number of hydrogen-bond donors (Lipinski definition) is 4. The van der Waals surface area contributed by atoms with Crippen LogP contribution in [-0.4, -0.2) is 79.4 Å². The number of fused-ring (bicyclic) bond motifs is 1. The number of aromatic amines is 1. The van der Waals surface area contributed by atoms with Crippen molar-refractivity contribution in [3.8, 4) is 5.06 Å². The molecule has 2 aliphatic heterocycles. The van der Waals surface area contributed by atoms with Gasteiger partial charge in [-0.25, -0.2) is 9.18 Å². The number of ether oxygens (including phenoxy) is 2. The van der Waals surface area contributed by atoms with Crippen LogP contribution in [0.4, 0.5) is 26.4 Å². The summed E-state index contributed by atoms with van der Waals surface area (Å²) in [5, 5.41) is 16.5. The van der Waals surface area contributed by atoms with E-state index in [0.717, 1.165) is 43.2 Å². The summed E-state index contributed by atoms with van der Waals surface area (Å²) in [6, 6.07) is 13.3. The average Bonchev–Trinajstić information content (AvgIpc) is 3.62. The van der Waals surface area contributed by atoms with Gasteiger partial charge in [-0.15, -0.1) is 0 Å². The van der Waals surface area contributed by atoms with Crippen LogP contribution < -0.4 is 25.6 Å². The Morgan fingerprint density at radius 3 is 2.53 bits per heavy atom. The first-order chi connectivity index (χ1) is 22.6. The molecule has 47 heavy (non-hydrogen) atoms. The normalized spacial score (nSPS) is 16.2. The molecule has 4 heterocycles. The summed E-state index contributed by atoms with van der Waals surface area (Å²) in [6.07, 6.45) is 0.488. The van der Waals surface area contributed by atoms with Crippen LogP contribution >= 0.6 is 11.3 Å². The fourth-order valence-corrected chi connectivity index (χ4v) is 6.66. The van der Waals surface area contributed by atoms with Gasteiger partial charge in [-0.05, 0) is 58.0 Å². The zero-order valence-corrected chi connectivity index (χ0v) is 27.3. The van der Waals surface area contributed by atoms with E-state index in [1.54, 1.807) is 44.2 Å². The third-order valence-electron chi connectivity index (χ3n) is 8.59. The Morgan fingerprint density at radius 2 is 1.79 bits per heavy atom. The van der Waals surface area contributed by atoms with E-state index in [0.29, 0.717) is 53.1 Å². The van der Waals surface area contributed by atoms with Crippen molar-refractivity contribution in [2.75, 3.05) is 62.0 Å². The maximum atomic E-state index is 14.4. The first-order valence-corrected chi connectivity index (χ1v) is 16.4. The number of benzene rings is 2. The van der Waals surface area contributed by atoms with Gasteiger partial charge in [0.05, 0.1) is 22.2 Å². The highest BCUT2D eigenvalue weighted by Gasteiger charge is 2.28. The maximum absolute atomic E-state index is 14.4. The molecule has 4 aromatic rings. The minimum atomic E-state index is -1.03. The van der Waals surface area contributed by atoms with E-state index in [4.69, 9.17) is 9.47 Å². The Balaban J connectivity index is 1.18. The lowest BCUT2D eigenvalue weighted by Gasteiger charge is -2.34. The van der Waals surface area contributed by atoms with E-state index in [-0.39, 0.29) is 22.7 Å². The standard InChI is InChI=1S/C33H38FN7O5S/c1-33(2,24-6-4-5-7-25(24)34)37-32(44)46-27-19-23-28(38-39-31(23)47-27)36-30(43)22-9-8-21(41-14-12-40(3)13-15-41)18-26(22)35-29(42)20-10-16-45-17-11-20/h4-9,18-20H,10-17H2,1-3H3,(H,35,42)(H,37,44)(H2,36,38,39,43). The molecule has 248 valence electrons. The molecule has 2 fully saturated rings. The average molecular weight is 664 g/mol. The molecule has 0 saturated carbocycles. The van der Waals surface area contributed by atoms with Crippen LogP contribution in [0.15, 0.2) is 48.5 Å². The van der Waals surface area contributed by atoms with Gasteiger partial charge in [0.25, 0.3) is 5.91 Å². The number of anilines is 3. The van der Waals surface area contributed by atoms with Crippen molar-refractivity contribution in [3.63, 3.8) is 0 Å². The molecule has 4 N–H and O–H groups in total. The Labute approximate surface area is 275 Å². The zero-order valence-electron chi connectivity index (χ0n) is 26.5. The van der Waals surface area contributed by atoms with Crippen LogP contribution in [-0.2, 0) is 15.1 Å². The molecule has 2 aromatic heterocycles. The molecule has 6 rings (SSSR count). The second kappa shape index (κ2) is 13.7. The fraction of sp³-hybridized carbons (Fsp3) is 0.394. The molecule has 0 radical (unpaired) electrons. The van der Waals surface area contributed by atoms with Gasteiger partial charge < -0.3 is 35.2 Å². The third kappa shape index (κ3) is 7.39. The van der Waals surface area contributed by atoms with E-state index >= 15 is 0 Å². The second-order valence-corrected chi connectivity index (χ2v) is 13.4. The lowest BCUT2D eigenvalue weighted by atomic mass is 9.94. The number of likely N-dealkylation sites (N-methyl/N-ethyl adjacent to an activating group) is 1. The summed E-state index contributed by atoms with van der Waals surface area (Å²) in [4.78, 5) is 44.8. The number of rotatable bonds is 8. The van der Waals surface area contributed by atoms with Crippen LogP contribution in [0, 0.1) is 11.7 Å². The number of amides is 3. The van der Waals surface area contributed by atoms with Crippen molar-refractivity contribution < 1.29 is 28.2 Å². The number of nitrogens with zero attached hydrogens (tertiary/aromatic N) is 3. The second-order valence-electron chi connectivity index (χ2n) is 12.4. The number of carbonyl (C=O) groups is 3. The summed E-state index contributed by atoms with van der Waals surface area (Å²) >= 11 is 1.14. The predicted octanol–water partition coefficient (Wildman–Crippen LogP) is 5.16. The van der Waals surface area contributed by atoms with E-state index in [1.165, 1.54) is 6.07 Å². The number of nitrogens with one attached hydrogen (secondary N) is 4. The monoisotopic (exact) mass is 663 g/mol. The molecule has 12 nitrogen and oxygen atoms in total. The van der Waals surface area contributed by atoms with Crippen molar-refractivity contribution in [1.82, 2.24) is 20.4 Å². The Hall–Kier alpha value is -4.53. The van der Waals surface area contributed by atoms with Crippen molar-refractivity contribution >= 4 is 56.7 Å². The molecule has 2 aromatic carbocycles. The topological polar surface area (TPSA) is 141 Å². The molecule has 0 unspecified atom stereocenters. The predicted molar refractivity (Wildman–Crippen MR) is 179 cm³/mol. The molecule has 0 atom stereocenters. The van der Waals surface area contributed by atoms with Gasteiger partial charge >= 0.3 is 6.09 Å². The summed E-state index contributed by atoms with van der Waals surface area (Å²) in [5.74, 6) is -0.988. The van der Waals surface area contributed by atoms with Crippen molar-refractivity contribution in [2.45, 2.75) is 32.2 Å². The Kier molecular flexibility index (Phi) is 9.43. The lowest BCUT2D eigenvalue weighted by Crippen LogP contribution is -2.44. The maximum Gasteiger partial charge on any atom is 0.414 e. The number of piperazine rings is 1. The first-order valence-electron chi connectivity index (χ1n) is 15.6. The molecule has 14 heteroatoms. The van der Waals surface area contributed by atoms with Crippen LogP contribution in [0.1, 0.15) is 42.6 Å². The van der Waals surface area contributed by atoms with Crippen molar-refractivity contribution in [1.29, 1.82) is 0 Å². The number of carbonyl (C=O) groups excluding carboxylic acids is 3. The van der Waals surface area contributed by atoms with Gasteiger partial charge in [-0.3, -0.25) is 14.7 Å². The van der Waals surface area contributed by atoms with Crippen LogP contribution in [0.25, 0.3) is 10.2 Å². The third-order valence-corrected chi connectivity index (χ3v) is 9.50. The smallest absolute Gasteiger partial charge is 0.399 e. The number of aromatic nitrogens is 2. The molecule has 2 saturated heterocycles. The van der Waals surface area contributed by atoms with Crippen LogP contribution in [0.2, 0.25) is 0 Å². The minimum Gasteiger partial charge on any atom is -0.399 e. The largest absolute Gasteiger partial charge is 0.414 e. The van der Waals surface area contributed by atoms with E-state index < -0.39 is 23.4 Å². The van der Waals surface area contributed by atoms with E-state index in [1.807, 2.05) is 12.1 Å². The van der Waals surface area contributed by atoms with E-state index in [2.05, 4.69) is 43.0 Å². The Bertz CT molecular complexity index is 1780. The molecule has 0 bridgehead atoms. The molecular formula is C33H38FN7O5S. The molecular weight excluding hydrogens is 625 g/mol. The molecule has 0 aliphatic carbocycles. The number of thiophene rings is 1. The first kappa shape index (κ1) is 32.4. The fourth-order valence-electron chi connectivity index (χ4n) is 5.81. The summed E-state index contributed by atoms with van der Waals surface area (Å²) in [5.41, 5.74) is 0.935.